The van der Waals surface area contributed by atoms with Gasteiger partial charge in [0.1, 0.15) is 11.6 Å². The van der Waals surface area contributed by atoms with Crippen LogP contribution in [0.15, 0.2) is 18.2 Å². The van der Waals surface area contributed by atoms with Gasteiger partial charge in [0.15, 0.2) is 0 Å². The number of benzene rings is 1. The normalized spacial score (nSPS) is 24.2. The summed E-state index contributed by atoms with van der Waals surface area (Å²) in [6.07, 6.45) is 0.489. The minimum atomic E-state index is -0.419. The van der Waals surface area contributed by atoms with Crippen molar-refractivity contribution in [1.82, 2.24) is 5.32 Å². The van der Waals surface area contributed by atoms with Crippen LogP contribution < -0.4 is 5.32 Å². The molecule has 2 unspecified atom stereocenters. The molecule has 2 rings (SSSR count). The topological polar surface area (TPSA) is 12.0 Å². The van der Waals surface area contributed by atoms with Crippen molar-refractivity contribution in [3.8, 4) is 0 Å². The van der Waals surface area contributed by atoms with Crippen LogP contribution >= 0.6 is 11.8 Å². The first kappa shape index (κ1) is 12.8. The van der Waals surface area contributed by atoms with Crippen LogP contribution in [0.4, 0.5) is 8.78 Å². The molecular weight excluding hydrogens is 240 g/mol. The number of nitrogens with one attached hydrogen (secondary N) is 1. The summed E-state index contributed by atoms with van der Waals surface area (Å²) < 4.78 is 27.1. The maximum Gasteiger partial charge on any atom is 0.129 e. The molecule has 0 bridgehead atoms. The van der Waals surface area contributed by atoms with E-state index in [-0.39, 0.29) is 5.56 Å². The highest BCUT2D eigenvalue weighted by atomic mass is 32.2. The second-order valence-corrected chi connectivity index (χ2v) is 5.44. The van der Waals surface area contributed by atoms with E-state index in [9.17, 15) is 8.78 Å². The van der Waals surface area contributed by atoms with Gasteiger partial charge in [-0.05, 0) is 36.8 Å². The third-order valence-corrected chi connectivity index (χ3v) is 4.45. The molecule has 1 aliphatic rings. The van der Waals surface area contributed by atoms with Crippen LogP contribution in [0.2, 0.25) is 0 Å². The Bertz CT molecular complexity index is 363. The number of hydrogen-bond donors (Lipinski definition) is 1. The van der Waals surface area contributed by atoms with Gasteiger partial charge in [0.05, 0.1) is 0 Å². The number of hydrogen-bond acceptors (Lipinski definition) is 2. The zero-order chi connectivity index (χ0) is 12.3. The molecule has 1 fully saturated rings. The minimum absolute atomic E-state index is 0.239. The van der Waals surface area contributed by atoms with Gasteiger partial charge >= 0.3 is 0 Å². The lowest BCUT2D eigenvalue weighted by atomic mass is 9.94. The van der Waals surface area contributed by atoms with E-state index in [4.69, 9.17) is 0 Å². The standard InChI is InChI=1S/C13H17F2NS/c1-2-16-13-8-17-7-9(13)6-10-11(14)4-3-5-12(10)15/h3-5,9,13,16H,2,6-8H2,1H3. The van der Waals surface area contributed by atoms with Crippen molar-refractivity contribution in [2.45, 2.75) is 19.4 Å². The zero-order valence-electron chi connectivity index (χ0n) is 9.88. The summed E-state index contributed by atoms with van der Waals surface area (Å²) >= 11 is 1.85. The van der Waals surface area contributed by atoms with E-state index in [1.165, 1.54) is 18.2 Å². The van der Waals surface area contributed by atoms with Gasteiger partial charge in [-0.3, -0.25) is 0 Å². The molecule has 1 saturated heterocycles. The highest BCUT2D eigenvalue weighted by molar-refractivity contribution is 7.99. The van der Waals surface area contributed by atoms with Gasteiger partial charge in [0.2, 0.25) is 0 Å². The Labute approximate surface area is 105 Å². The molecule has 0 radical (unpaired) electrons. The first-order valence-corrected chi connectivity index (χ1v) is 7.11. The fraction of sp³-hybridized carbons (Fsp3) is 0.538. The van der Waals surface area contributed by atoms with Crippen LogP contribution in [0.5, 0.6) is 0 Å². The van der Waals surface area contributed by atoms with Crippen molar-refractivity contribution in [3.63, 3.8) is 0 Å². The SMILES string of the molecule is CCNC1CSCC1Cc1c(F)cccc1F. The summed E-state index contributed by atoms with van der Waals surface area (Å²) in [4.78, 5) is 0. The van der Waals surface area contributed by atoms with E-state index >= 15 is 0 Å². The highest BCUT2D eigenvalue weighted by Gasteiger charge is 2.28. The first-order valence-electron chi connectivity index (χ1n) is 5.96. The van der Waals surface area contributed by atoms with E-state index in [0.29, 0.717) is 18.4 Å². The molecule has 4 heteroatoms. The van der Waals surface area contributed by atoms with Crippen LogP contribution in [0.25, 0.3) is 0 Å². The van der Waals surface area contributed by atoms with Crippen LogP contribution in [0.3, 0.4) is 0 Å². The number of halogens is 2. The third-order valence-electron chi connectivity index (χ3n) is 3.19. The first-order chi connectivity index (χ1) is 8.22. The molecular formula is C13H17F2NS. The van der Waals surface area contributed by atoms with Crippen molar-refractivity contribution in [1.29, 1.82) is 0 Å². The smallest absolute Gasteiger partial charge is 0.129 e. The molecule has 0 spiro atoms. The molecule has 1 aliphatic heterocycles. The Hall–Kier alpha value is -0.610. The summed E-state index contributed by atoms with van der Waals surface area (Å²) in [5, 5.41) is 3.39. The second kappa shape index (κ2) is 5.83. The second-order valence-electron chi connectivity index (χ2n) is 4.37. The molecule has 2 atom stereocenters. The van der Waals surface area contributed by atoms with Crippen LogP contribution in [-0.4, -0.2) is 24.1 Å². The Morgan fingerprint density at radius 3 is 2.65 bits per heavy atom. The molecule has 17 heavy (non-hydrogen) atoms. The van der Waals surface area contributed by atoms with Crippen molar-refractivity contribution >= 4 is 11.8 Å². The lowest BCUT2D eigenvalue weighted by molar-refractivity contribution is 0.419. The summed E-state index contributed by atoms with van der Waals surface area (Å²) in [7, 11) is 0. The van der Waals surface area contributed by atoms with Crippen molar-refractivity contribution in [3.05, 3.63) is 35.4 Å². The predicted molar refractivity (Wildman–Crippen MR) is 68.3 cm³/mol. The van der Waals surface area contributed by atoms with Crippen molar-refractivity contribution < 1.29 is 8.78 Å². The third kappa shape index (κ3) is 2.99. The molecule has 1 N–H and O–H groups in total. The highest BCUT2D eigenvalue weighted by Crippen LogP contribution is 2.28. The number of rotatable bonds is 4. The lowest BCUT2D eigenvalue weighted by Crippen LogP contribution is -2.36. The quantitative estimate of drug-likeness (QED) is 0.890. The van der Waals surface area contributed by atoms with Crippen LogP contribution in [0.1, 0.15) is 12.5 Å². The van der Waals surface area contributed by atoms with Gasteiger partial charge in [0, 0.05) is 17.4 Å². The van der Waals surface area contributed by atoms with E-state index in [1.54, 1.807) is 0 Å². The molecule has 0 aliphatic carbocycles. The fourth-order valence-electron chi connectivity index (χ4n) is 2.28. The predicted octanol–water partition coefficient (Wildman–Crippen LogP) is 2.85. The van der Waals surface area contributed by atoms with Gasteiger partial charge in [-0.25, -0.2) is 8.78 Å². The summed E-state index contributed by atoms with van der Waals surface area (Å²) in [6, 6.07) is 4.47. The Kier molecular flexibility index (Phi) is 4.40. The van der Waals surface area contributed by atoms with Gasteiger partial charge in [-0.1, -0.05) is 13.0 Å². The summed E-state index contributed by atoms with van der Waals surface area (Å²) in [5.41, 5.74) is 0.239. The van der Waals surface area contributed by atoms with Crippen molar-refractivity contribution in [2.24, 2.45) is 5.92 Å². The van der Waals surface area contributed by atoms with E-state index in [2.05, 4.69) is 12.2 Å². The Balaban J connectivity index is 2.09. The van der Waals surface area contributed by atoms with Gasteiger partial charge in [0.25, 0.3) is 0 Å². The largest absolute Gasteiger partial charge is 0.313 e. The zero-order valence-corrected chi connectivity index (χ0v) is 10.7. The average Bonchev–Trinajstić information content (AvgIpc) is 2.72. The maximum absolute atomic E-state index is 13.5. The van der Waals surface area contributed by atoms with E-state index in [1.807, 2.05) is 11.8 Å². The fourth-order valence-corrected chi connectivity index (χ4v) is 3.71. The monoisotopic (exact) mass is 257 g/mol. The molecule has 94 valence electrons. The van der Waals surface area contributed by atoms with E-state index < -0.39 is 11.6 Å². The average molecular weight is 257 g/mol. The number of thioether (sulfide) groups is 1. The molecule has 0 aromatic heterocycles. The Morgan fingerprint density at radius 1 is 1.29 bits per heavy atom. The molecule has 0 amide bonds. The molecule has 0 saturated carbocycles. The molecule has 1 aromatic carbocycles. The summed E-state index contributed by atoms with van der Waals surface area (Å²) in [5.74, 6) is 1.50. The van der Waals surface area contributed by atoms with E-state index in [0.717, 1.165) is 18.1 Å². The Morgan fingerprint density at radius 2 is 2.00 bits per heavy atom. The lowest BCUT2D eigenvalue weighted by Gasteiger charge is -2.19. The molecule has 1 heterocycles. The van der Waals surface area contributed by atoms with Crippen molar-refractivity contribution in [2.75, 3.05) is 18.1 Å². The maximum atomic E-state index is 13.5. The van der Waals surface area contributed by atoms with Crippen LogP contribution in [0, 0.1) is 17.6 Å². The minimum Gasteiger partial charge on any atom is -0.313 e. The molecule has 1 nitrogen and oxygen atoms in total. The van der Waals surface area contributed by atoms with Crippen LogP contribution in [-0.2, 0) is 6.42 Å². The van der Waals surface area contributed by atoms with Gasteiger partial charge in [-0.2, -0.15) is 11.8 Å². The van der Waals surface area contributed by atoms with Gasteiger partial charge in [-0.15, -0.1) is 0 Å². The molecule has 1 aromatic rings. The summed E-state index contributed by atoms with van der Waals surface area (Å²) in [6.45, 7) is 2.96. The van der Waals surface area contributed by atoms with Gasteiger partial charge < -0.3 is 5.32 Å².